The Balaban J connectivity index is 0.00000132. The van der Waals surface area contributed by atoms with Gasteiger partial charge in [-0.05, 0) is 0 Å². The van der Waals surface area contributed by atoms with Gasteiger partial charge in [-0.25, -0.2) is 0 Å². The summed E-state index contributed by atoms with van der Waals surface area (Å²) in [7, 11) is 0. The van der Waals surface area contributed by atoms with Crippen molar-refractivity contribution < 1.29 is 45.1 Å². The van der Waals surface area contributed by atoms with Crippen LogP contribution in [-0.4, -0.2) is 0 Å². The number of hydrogen-bond acceptors (Lipinski definition) is 0. The maximum Gasteiger partial charge on any atom is -1.00 e. The third-order valence-corrected chi connectivity index (χ3v) is 17.7. The summed E-state index contributed by atoms with van der Waals surface area (Å²) in [5.74, 6) is 0.833. The molecule has 0 spiro atoms. The first-order chi connectivity index (χ1) is 10.2. The van der Waals surface area contributed by atoms with E-state index in [0.717, 1.165) is 5.92 Å². The van der Waals surface area contributed by atoms with Gasteiger partial charge in [-0.15, -0.1) is 0 Å². The van der Waals surface area contributed by atoms with Crippen LogP contribution in [0.25, 0.3) is 0 Å². The van der Waals surface area contributed by atoms with Crippen LogP contribution in [0.4, 0.5) is 0 Å². The van der Waals surface area contributed by atoms with E-state index in [0.29, 0.717) is 0 Å². The van der Waals surface area contributed by atoms with Crippen molar-refractivity contribution in [3.05, 3.63) is 41.5 Å². The minimum absolute atomic E-state index is 0. The predicted octanol–water partition coefficient (Wildman–Crippen LogP) is 0.663. The third kappa shape index (κ3) is 3.40. The summed E-state index contributed by atoms with van der Waals surface area (Å²) in [6, 6.07) is 0. The summed E-state index contributed by atoms with van der Waals surface area (Å²) >= 11 is -2.10. The van der Waals surface area contributed by atoms with Gasteiger partial charge in [0.1, 0.15) is 0 Å². The predicted molar refractivity (Wildman–Crippen MR) is 90.2 cm³/mol. The Morgan fingerprint density at radius 2 is 1.61 bits per heavy atom. The van der Waals surface area contributed by atoms with E-state index in [1.807, 2.05) is 14.4 Å². The van der Waals surface area contributed by atoms with E-state index < -0.39 is 20.3 Å². The van der Waals surface area contributed by atoms with Crippen LogP contribution in [0.15, 0.2) is 41.5 Å². The van der Waals surface area contributed by atoms with Crippen LogP contribution in [0.3, 0.4) is 0 Å². The molecule has 0 aromatic heterocycles. The van der Waals surface area contributed by atoms with Gasteiger partial charge in [-0.3, -0.25) is 0 Å². The Kier molecular flexibility index (Phi) is 8.11. The molecule has 0 radical (unpaired) electrons. The van der Waals surface area contributed by atoms with E-state index in [1.165, 1.54) is 32.1 Å². The first-order valence-electron chi connectivity index (χ1n) is 9.05. The summed E-state index contributed by atoms with van der Waals surface area (Å²) in [4.78, 5) is 0. The van der Waals surface area contributed by atoms with Crippen LogP contribution in [0.5, 0.6) is 0 Å². The zero-order valence-electron chi connectivity index (χ0n) is 15.0. The molecule has 1 fully saturated rings. The zero-order chi connectivity index (χ0) is 15.0. The number of halogens is 2. The van der Waals surface area contributed by atoms with Crippen molar-refractivity contribution in [2.45, 2.75) is 68.1 Å². The largest absolute Gasteiger partial charge is 1.00 e. The molecule has 3 rings (SSSR count). The van der Waals surface area contributed by atoms with E-state index in [9.17, 15) is 0 Å². The molecule has 128 valence electrons. The van der Waals surface area contributed by atoms with Crippen LogP contribution in [0.1, 0.15) is 59.8 Å². The fraction of sp³-hybridized carbons (Fsp3) is 0.600. The second kappa shape index (κ2) is 8.68. The molecule has 1 aliphatic heterocycles. The summed E-state index contributed by atoms with van der Waals surface area (Å²) < 4.78 is 7.17. The Hall–Kier alpha value is 0.423. The molecule has 0 nitrogen and oxygen atoms in total. The maximum absolute atomic E-state index is 2.51. The standard InChI is InChI=1S/C13H21.C5H5.C2H4.2ClH.Zr/c1-5-10-9-11(6-2)13(8-4)12(10)7-3;1-2-4-5-3-1;1-2;;;/h10H,5-8H2,1-4H3;1-3H,4H2;1-2H2;2*1H;/q;;;;;+2/p-2. The third-order valence-electron chi connectivity index (χ3n) is 5.99. The molecule has 0 bridgehead atoms. The van der Waals surface area contributed by atoms with Crippen LogP contribution >= 0.6 is 0 Å². The SMILES string of the molecule is CCC1=C(CC)C(CC)[C]([Zr+2]2([C]3=CC=CC3)[CH2][CH2]2)=C1CC.[Cl-].[Cl-]. The topological polar surface area (TPSA) is 0 Å². The Labute approximate surface area is 159 Å². The Morgan fingerprint density at radius 1 is 0.957 bits per heavy atom. The van der Waals surface area contributed by atoms with Crippen molar-refractivity contribution in [1.29, 1.82) is 0 Å². The van der Waals surface area contributed by atoms with Crippen molar-refractivity contribution >= 4 is 0 Å². The van der Waals surface area contributed by atoms with E-state index >= 15 is 0 Å². The van der Waals surface area contributed by atoms with Crippen molar-refractivity contribution in [2.24, 2.45) is 5.92 Å². The summed E-state index contributed by atoms with van der Waals surface area (Å²) in [5, 5.41) is 0. The molecule has 1 atom stereocenters. The Morgan fingerprint density at radius 3 is 2.00 bits per heavy atom. The van der Waals surface area contributed by atoms with E-state index in [2.05, 4.69) is 49.2 Å². The van der Waals surface area contributed by atoms with Gasteiger partial charge in [0.15, 0.2) is 0 Å². The first-order valence-corrected chi connectivity index (χ1v) is 15.0. The van der Waals surface area contributed by atoms with Crippen molar-refractivity contribution in [3.8, 4) is 0 Å². The van der Waals surface area contributed by atoms with Gasteiger partial charge >= 0.3 is 136 Å². The van der Waals surface area contributed by atoms with Crippen molar-refractivity contribution in [2.75, 3.05) is 0 Å². The minimum atomic E-state index is -2.10. The van der Waals surface area contributed by atoms with Gasteiger partial charge in [0.05, 0.1) is 0 Å². The molecular formula is C20H30Cl2Zr. The summed E-state index contributed by atoms with van der Waals surface area (Å²) in [5.41, 5.74) is 5.43. The average Bonchev–Trinajstić information content (AvgIpc) is 3.01. The minimum Gasteiger partial charge on any atom is -1.00 e. The van der Waals surface area contributed by atoms with Crippen molar-refractivity contribution in [3.63, 3.8) is 0 Å². The van der Waals surface area contributed by atoms with E-state index in [-0.39, 0.29) is 24.8 Å². The molecule has 0 aromatic rings. The summed E-state index contributed by atoms with van der Waals surface area (Å²) in [6.07, 6.45) is 13.6. The summed E-state index contributed by atoms with van der Waals surface area (Å²) in [6.45, 7) is 9.59. The molecule has 2 aliphatic carbocycles. The second-order valence-corrected chi connectivity index (χ2v) is 17.5. The second-order valence-electron chi connectivity index (χ2n) is 6.82. The van der Waals surface area contributed by atoms with Gasteiger partial charge in [0.2, 0.25) is 0 Å². The van der Waals surface area contributed by atoms with Crippen LogP contribution in [0.2, 0.25) is 8.26 Å². The molecule has 1 heterocycles. The van der Waals surface area contributed by atoms with E-state index in [1.54, 1.807) is 13.8 Å². The molecule has 1 saturated heterocycles. The van der Waals surface area contributed by atoms with Gasteiger partial charge in [0, 0.05) is 0 Å². The van der Waals surface area contributed by atoms with E-state index in [4.69, 9.17) is 0 Å². The molecule has 0 aromatic carbocycles. The van der Waals surface area contributed by atoms with Crippen LogP contribution in [0, 0.1) is 5.92 Å². The van der Waals surface area contributed by atoms with Crippen molar-refractivity contribution in [1.82, 2.24) is 0 Å². The molecule has 3 heteroatoms. The van der Waals surface area contributed by atoms with Gasteiger partial charge < -0.3 is 24.8 Å². The molecule has 3 aliphatic rings. The van der Waals surface area contributed by atoms with Crippen LogP contribution < -0.4 is 24.8 Å². The van der Waals surface area contributed by atoms with Gasteiger partial charge in [-0.2, -0.15) is 0 Å². The maximum atomic E-state index is 2.51. The normalized spacial score (nSPS) is 23.1. The molecule has 0 N–H and O–H groups in total. The van der Waals surface area contributed by atoms with Crippen LogP contribution in [-0.2, 0) is 20.3 Å². The monoisotopic (exact) mass is 430 g/mol. The zero-order valence-corrected chi connectivity index (χ0v) is 19.0. The fourth-order valence-corrected chi connectivity index (χ4v) is 20.1. The molecule has 1 unspecified atom stereocenters. The fourth-order valence-electron chi connectivity index (χ4n) is 5.02. The quantitative estimate of drug-likeness (QED) is 0.579. The molecule has 0 amide bonds. The molecule has 0 saturated carbocycles. The van der Waals surface area contributed by atoms with Gasteiger partial charge in [0.25, 0.3) is 0 Å². The van der Waals surface area contributed by atoms with Gasteiger partial charge in [-0.1, -0.05) is 0 Å². The smallest absolute Gasteiger partial charge is 1.00 e. The number of hydrogen-bond donors (Lipinski definition) is 0. The number of rotatable bonds is 6. The molecular weight excluding hydrogens is 402 g/mol. The molecule has 23 heavy (non-hydrogen) atoms. The first kappa shape index (κ1) is 21.5. The Bertz CT molecular complexity index is 562. The number of allylic oxidation sites excluding steroid dienone is 8. The average molecular weight is 433 g/mol.